The Bertz CT molecular complexity index is 587. The van der Waals surface area contributed by atoms with Gasteiger partial charge < -0.3 is 10.6 Å². The number of hydrogen-bond donors (Lipinski definition) is 2. The predicted molar refractivity (Wildman–Crippen MR) is 85.7 cm³/mol. The number of urea groups is 1. The molecule has 0 aliphatic heterocycles. The smallest absolute Gasteiger partial charge is 0.315 e. The van der Waals surface area contributed by atoms with E-state index in [4.69, 9.17) is 0 Å². The molecule has 2 N–H and O–H groups in total. The highest BCUT2D eigenvalue weighted by molar-refractivity contribution is 5.99. The van der Waals surface area contributed by atoms with Crippen LogP contribution in [0.15, 0.2) is 24.3 Å². The summed E-state index contributed by atoms with van der Waals surface area (Å²) in [7, 11) is 0. The fourth-order valence-corrected chi connectivity index (χ4v) is 4.17. The molecule has 2 fully saturated rings. The van der Waals surface area contributed by atoms with Crippen molar-refractivity contribution in [3.63, 3.8) is 0 Å². The van der Waals surface area contributed by atoms with E-state index in [0.29, 0.717) is 11.5 Å². The molecule has 2 aliphatic carbocycles. The Morgan fingerprint density at radius 1 is 1.22 bits per heavy atom. The van der Waals surface area contributed by atoms with Gasteiger partial charge in [-0.05, 0) is 68.2 Å². The molecule has 124 valence electrons. The maximum absolute atomic E-state index is 12.8. The number of nitrogens with one attached hydrogen (secondary N) is 2. The minimum absolute atomic E-state index is 0.0824. The second-order valence-electron chi connectivity index (χ2n) is 6.88. The lowest BCUT2D eigenvalue weighted by Crippen LogP contribution is -2.46. The molecular weight excluding hydrogens is 295 g/mol. The fourth-order valence-electron chi connectivity index (χ4n) is 4.17. The standard InChI is InChI=1S/C18H23FN2O2/c1-11(16-9-12-2-3-14(16)8-12)21-18(23)20-10-17(22)13-4-6-15(19)7-5-13/h4-7,11-12,14,16H,2-3,8-10H2,1H3,(H2,20,21,23)/t11-,12+,14+,16+/m1/s1. The molecule has 4 atom stereocenters. The second kappa shape index (κ2) is 6.69. The summed E-state index contributed by atoms with van der Waals surface area (Å²) in [6.07, 6.45) is 5.14. The van der Waals surface area contributed by atoms with Gasteiger partial charge in [-0.2, -0.15) is 0 Å². The third kappa shape index (κ3) is 3.71. The van der Waals surface area contributed by atoms with Gasteiger partial charge in [-0.25, -0.2) is 9.18 Å². The van der Waals surface area contributed by atoms with Crippen molar-refractivity contribution in [1.29, 1.82) is 0 Å². The molecule has 0 radical (unpaired) electrons. The Morgan fingerprint density at radius 2 is 1.96 bits per heavy atom. The summed E-state index contributed by atoms with van der Waals surface area (Å²) in [5, 5.41) is 5.56. The minimum Gasteiger partial charge on any atom is -0.335 e. The van der Waals surface area contributed by atoms with Gasteiger partial charge in [0, 0.05) is 11.6 Å². The number of hydrogen-bond acceptors (Lipinski definition) is 2. The van der Waals surface area contributed by atoms with Gasteiger partial charge in [0.1, 0.15) is 5.82 Å². The molecule has 2 aliphatic rings. The first-order chi connectivity index (χ1) is 11.0. The highest BCUT2D eigenvalue weighted by atomic mass is 19.1. The van der Waals surface area contributed by atoms with E-state index >= 15 is 0 Å². The van der Waals surface area contributed by atoms with Crippen LogP contribution in [0.2, 0.25) is 0 Å². The van der Waals surface area contributed by atoms with Crippen LogP contribution in [0.25, 0.3) is 0 Å². The van der Waals surface area contributed by atoms with Gasteiger partial charge in [-0.3, -0.25) is 4.79 Å². The SMILES string of the molecule is C[C@@H](NC(=O)NCC(=O)c1ccc(F)cc1)[C@@H]1C[C@H]2CC[C@H]1C2. The van der Waals surface area contributed by atoms with E-state index < -0.39 is 0 Å². The number of ketones is 1. The molecule has 0 saturated heterocycles. The largest absolute Gasteiger partial charge is 0.335 e. The van der Waals surface area contributed by atoms with Crippen LogP contribution in [0.3, 0.4) is 0 Å². The zero-order valence-electron chi connectivity index (χ0n) is 13.3. The van der Waals surface area contributed by atoms with E-state index in [1.807, 2.05) is 6.92 Å². The van der Waals surface area contributed by atoms with Crippen molar-refractivity contribution in [2.75, 3.05) is 6.54 Å². The minimum atomic E-state index is -0.382. The monoisotopic (exact) mass is 318 g/mol. The normalized spacial score (nSPS) is 26.8. The van der Waals surface area contributed by atoms with Gasteiger partial charge in [-0.15, -0.1) is 0 Å². The molecule has 23 heavy (non-hydrogen) atoms. The molecule has 0 aromatic heterocycles. The number of halogens is 1. The summed E-state index contributed by atoms with van der Waals surface area (Å²) in [4.78, 5) is 23.9. The molecule has 0 spiro atoms. The number of carbonyl (C=O) groups excluding carboxylic acids is 2. The lowest BCUT2D eigenvalue weighted by molar-refractivity contribution is 0.0991. The van der Waals surface area contributed by atoms with E-state index in [1.54, 1.807) is 0 Å². The number of carbonyl (C=O) groups is 2. The molecule has 3 rings (SSSR count). The van der Waals surface area contributed by atoms with Crippen LogP contribution in [0.1, 0.15) is 43.0 Å². The van der Waals surface area contributed by atoms with E-state index in [0.717, 1.165) is 11.8 Å². The van der Waals surface area contributed by atoms with Gasteiger partial charge in [0.25, 0.3) is 0 Å². The van der Waals surface area contributed by atoms with Gasteiger partial charge >= 0.3 is 6.03 Å². The number of Topliss-reactive ketones (excluding diaryl/α,β-unsaturated/α-hetero) is 1. The highest BCUT2D eigenvalue weighted by Gasteiger charge is 2.42. The van der Waals surface area contributed by atoms with Crippen LogP contribution in [0, 0.1) is 23.6 Å². The van der Waals surface area contributed by atoms with Crippen LogP contribution in [0.5, 0.6) is 0 Å². The Morgan fingerprint density at radius 3 is 2.57 bits per heavy atom. The summed E-state index contributed by atoms with van der Waals surface area (Å²) in [6.45, 7) is 1.97. The van der Waals surface area contributed by atoms with Gasteiger partial charge in [0.2, 0.25) is 0 Å². The first-order valence-electron chi connectivity index (χ1n) is 8.36. The average Bonchev–Trinajstić information content (AvgIpc) is 3.16. The van der Waals surface area contributed by atoms with Crippen LogP contribution in [-0.2, 0) is 0 Å². The number of benzene rings is 1. The third-order valence-electron chi connectivity index (χ3n) is 5.37. The van der Waals surface area contributed by atoms with Gasteiger partial charge in [0.15, 0.2) is 5.78 Å². The Hall–Kier alpha value is -1.91. The zero-order valence-corrected chi connectivity index (χ0v) is 13.3. The van der Waals surface area contributed by atoms with Crippen molar-refractivity contribution in [3.05, 3.63) is 35.6 Å². The maximum Gasteiger partial charge on any atom is 0.315 e. The molecular formula is C18H23FN2O2. The number of rotatable bonds is 5. The molecule has 2 amide bonds. The van der Waals surface area contributed by atoms with Crippen LogP contribution < -0.4 is 10.6 Å². The molecule has 5 heteroatoms. The zero-order chi connectivity index (χ0) is 16.4. The number of amides is 2. The van der Waals surface area contributed by atoms with Gasteiger partial charge in [-0.1, -0.05) is 6.42 Å². The quantitative estimate of drug-likeness (QED) is 0.820. The van der Waals surface area contributed by atoms with Crippen LogP contribution in [0.4, 0.5) is 9.18 Å². The van der Waals surface area contributed by atoms with Crippen molar-refractivity contribution in [2.45, 2.75) is 38.6 Å². The summed E-state index contributed by atoms with van der Waals surface area (Å²) in [5.74, 6) is 1.54. The molecule has 0 heterocycles. The Balaban J connectivity index is 1.44. The van der Waals surface area contributed by atoms with Crippen molar-refractivity contribution < 1.29 is 14.0 Å². The maximum atomic E-state index is 12.8. The van der Waals surface area contributed by atoms with Crippen molar-refractivity contribution in [1.82, 2.24) is 10.6 Å². The lowest BCUT2D eigenvalue weighted by atomic mass is 9.84. The van der Waals surface area contributed by atoms with Crippen LogP contribution in [-0.4, -0.2) is 24.4 Å². The molecule has 4 nitrogen and oxygen atoms in total. The van der Waals surface area contributed by atoms with E-state index in [1.165, 1.54) is 49.9 Å². The first kappa shape index (κ1) is 16.0. The molecule has 2 bridgehead atoms. The molecule has 2 saturated carbocycles. The summed E-state index contributed by atoms with van der Waals surface area (Å²) in [6, 6.07) is 5.15. The van der Waals surface area contributed by atoms with Crippen molar-refractivity contribution >= 4 is 11.8 Å². The van der Waals surface area contributed by atoms with E-state index in [9.17, 15) is 14.0 Å². The topological polar surface area (TPSA) is 58.2 Å². The lowest BCUT2D eigenvalue weighted by Gasteiger charge is -2.28. The average molecular weight is 318 g/mol. The Labute approximate surface area is 135 Å². The predicted octanol–water partition coefficient (Wildman–Crippen LogP) is 3.13. The van der Waals surface area contributed by atoms with E-state index in [-0.39, 0.29) is 30.2 Å². The summed E-state index contributed by atoms with van der Waals surface area (Å²) in [5.41, 5.74) is 0.396. The summed E-state index contributed by atoms with van der Waals surface area (Å²) < 4.78 is 12.8. The molecule has 0 unspecified atom stereocenters. The van der Waals surface area contributed by atoms with E-state index in [2.05, 4.69) is 10.6 Å². The highest BCUT2D eigenvalue weighted by Crippen LogP contribution is 2.49. The van der Waals surface area contributed by atoms with Crippen LogP contribution >= 0.6 is 0 Å². The third-order valence-corrected chi connectivity index (χ3v) is 5.37. The van der Waals surface area contributed by atoms with Gasteiger partial charge in [0.05, 0.1) is 6.54 Å². The second-order valence-corrected chi connectivity index (χ2v) is 6.88. The fraction of sp³-hybridized carbons (Fsp3) is 0.556. The molecule has 1 aromatic carbocycles. The van der Waals surface area contributed by atoms with Crippen molar-refractivity contribution in [2.24, 2.45) is 17.8 Å². The molecule has 1 aromatic rings. The number of fused-ring (bicyclic) bond motifs is 2. The Kier molecular flexibility index (Phi) is 4.64. The van der Waals surface area contributed by atoms with Crippen molar-refractivity contribution in [3.8, 4) is 0 Å². The summed E-state index contributed by atoms with van der Waals surface area (Å²) >= 11 is 0. The first-order valence-corrected chi connectivity index (χ1v) is 8.36.